The topological polar surface area (TPSA) is 95.9 Å². The fraction of sp³-hybridized carbons (Fsp3) is 0.286. The molecule has 0 radical (unpaired) electrons. The number of hydrogen-bond donors (Lipinski definition) is 3. The number of carbonyl (C=O) groups excluding carboxylic acids is 1. The number of benzene rings is 1. The molecule has 0 fully saturated rings. The summed E-state index contributed by atoms with van der Waals surface area (Å²) >= 11 is 0. The van der Waals surface area contributed by atoms with Crippen LogP contribution < -0.4 is 5.32 Å². The van der Waals surface area contributed by atoms with E-state index in [1.54, 1.807) is 12.1 Å². The Morgan fingerprint density at radius 1 is 1.35 bits per heavy atom. The normalized spacial score (nSPS) is 11.6. The first-order valence-corrected chi connectivity index (χ1v) is 6.01. The third-order valence-corrected chi connectivity index (χ3v) is 2.45. The molecular weight excluding hydrogens is 262 g/mol. The number of carboxylic acids is 1. The Kier molecular flexibility index (Phi) is 6.25. The number of phenolic OH excluding ortho intramolecular Hbond substituents is 1. The average Bonchev–Trinajstić information content (AvgIpc) is 2.40. The van der Waals surface area contributed by atoms with E-state index in [0.717, 1.165) is 0 Å². The van der Waals surface area contributed by atoms with Gasteiger partial charge in [0.1, 0.15) is 5.75 Å². The van der Waals surface area contributed by atoms with E-state index in [9.17, 15) is 9.59 Å². The van der Waals surface area contributed by atoms with Crippen molar-refractivity contribution in [2.45, 2.75) is 12.5 Å². The highest BCUT2D eigenvalue weighted by Gasteiger charge is 2.19. The molecule has 0 bridgehead atoms. The van der Waals surface area contributed by atoms with Crippen molar-refractivity contribution in [3.8, 4) is 5.75 Å². The van der Waals surface area contributed by atoms with Gasteiger partial charge in [0.25, 0.3) is 0 Å². The van der Waals surface area contributed by atoms with Gasteiger partial charge in [-0.2, -0.15) is 0 Å². The monoisotopic (exact) mass is 279 g/mol. The van der Waals surface area contributed by atoms with Gasteiger partial charge < -0.3 is 20.3 Å². The highest BCUT2D eigenvalue weighted by molar-refractivity contribution is 5.84. The number of nitrogens with one attached hydrogen (secondary N) is 1. The number of rotatable bonds is 8. The van der Waals surface area contributed by atoms with Gasteiger partial charge in [-0.3, -0.25) is 4.79 Å². The first-order valence-electron chi connectivity index (χ1n) is 6.01. The molecule has 1 unspecified atom stereocenters. The van der Waals surface area contributed by atoms with Gasteiger partial charge in [0.2, 0.25) is 5.91 Å². The molecule has 0 spiro atoms. The SMILES string of the molecule is C=CCOCC(NC(=O)Cc1ccc(O)cc1)C(=O)O. The molecule has 3 N–H and O–H groups in total. The molecule has 6 nitrogen and oxygen atoms in total. The van der Waals surface area contributed by atoms with Crippen molar-refractivity contribution in [1.82, 2.24) is 5.32 Å². The molecule has 1 aromatic rings. The van der Waals surface area contributed by atoms with Crippen LogP contribution in [0.1, 0.15) is 5.56 Å². The largest absolute Gasteiger partial charge is 0.508 e. The van der Waals surface area contributed by atoms with Crippen LogP contribution in [0.3, 0.4) is 0 Å². The molecule has 0 aliphatic rings. The van der Waals surface area contributed by atoms with Crippen molar-refractivity contribution in [2.75, 3.05) is 13.2 Å². The van der Waals surface area contributed by atoms with E-state index >= 15 is 0 Å². The van der Waals surface area contributed by atoms with Crippen LogP contribution in [-0.2, 0) is 20.7 Å². The standard InChI is InChI=1S/C14H17NO5/c1-2-7-20-9-12(14(18)19)15-13(17)8-10-3-5-11(16)6-4-10/h2-6,12,16H,1,7-9H2,(H,15,17)(H,18,19). The molecule has 0 aromatic heterocycles. The molecule has 1 rings (SSSR count). The van der Waals surface area contributed by atoms with Gasteiger partial charge >= 0.3 is 5.97 Å². The second-order valence-electron chi connectivity index (χ2n) is 4.13. The number of amides is 1. The summed E-state index contributed by atoms with van der Waals surface area (Å²) in [5.74, 6) is -1.48. The maximum absolute atomic E-state index is 11.7. The molecule has 108 valence electrons. The Balaban J connectivity index is 2.50. The Hall–Kier alpha value is -2.34. The fourth-order valence-corrected chi connectivity index (χ4v) is 1.49. The highest BCUT2D eigenvalue weighted by atomic mass is 16.5. The van der Waals surface area contributed by atoms with Gasteiger partial charge in [-0.15, -0.1) is 6.58 Å². The summed E-state index contributed by atoms with van der Waals surface area (Å²) < 4.78 is 5.03. The van der Waals surface area contributed by atoms with Crippen molar-refractivity contribution in [1.29, 1.82) is 0 Å². The number of hydrogen-bond acceptors (Lipinski definition) is 4. The quantitative estimate of drug-likeness (QED) is 0.481. The Labute approximate surface area is 116 Å². The molecule has 0 heterocycles. The number of aromatic hydroxyl groups is 1. The van der Waals surface area contributed by atoms with Crippen LogP contribution in [-0.4, -0.2) is 41.3 Å². The maximum Gasteiger partial charge on any atom is 0.328 e. The first-order chi connectivity index (χ1) is 9.52. The summed E-state index contributed by atoms with van der Waals surface area (Å²) in [4.78, 5) is 22.7. The minimum Gasteiger partial charge on any atom is -0.508 e. The zero-order valence-corrected chi connectivity index (χ0v) is 10.9. The zero-order chi connectivity index (χ0) is 15.0. The third kappa shape index (κ3) is 5.53. The summed E-state index contributed by atoms with van der Waals surface area (Å²) in [5, 5.41) is 20.5. The van der Waals surface area contributed by atoms with Crippen LogP contribution in [0.5, 0.6) is 5.75 Å². The lowest BCUT2D eigenvalue weighted by atomic mass is 10.1. The summed E-state index contributed by atoms with van der Waals surface area (Å²) in [5.41, 5.74) is 0.677. The lowest BCUT2D eigenvalue weighted by molar-refractivity contribution is -0.143. The average molecular weight is 279 g/mol. The molecular formula is C14H17NO5. The number of aliphatic carboxylic acids is 1. The van der Waals surface area contributed by atoms with Crippen molar-refractivity contribution >= 4 is 11.9 Å². The summed E-state index contributed by atoms with van der Waals surface area (Å²) in [6.45, 7) is 3.54. The lowest BCUT2D eigenvalue weighted by Crippen LogP contribution is -2.44. The van der Waals surface area contributed by atoms with E-state index < -0.39 is 17.9 Å². The molecule has 0 aliphatic heterocycles. The predicted octanol–water partition coefficient (Wildman–Crippen LogP) is 0.707. The first kappa shape index (κ1) is 15.7. The van der Waals surface area contributed by atoms with Gasteiger partial charge in [-0.05, 0) is 17.7 Å². The highest BCUT2D eigenvalue weighted by Crippen LogP contribution is 2.10. The molecule has 0 saturated heterocycles. The zero-order valence-electron chi connectivity index (χ0n) is 10.9. The van der Waals surface area contributed by atoms with E-state index in [1.165, 1.54) is 18.2 Å². The molecule has 1 amide bonds. The second kappa shape index (κ2) is 7.96. The lowest BCUT2D eigenvalue weighted by Gasteiger charge is -2.14. The van der Waals surface area contributed by atoms with E-state index in [4.69, 9.17) is 14.9 Å². The van der Waals surface area contributed by atoms with Crippen molar-refractivity contribution in [3.05, 3.63) is 42.5 Å². The van der Waals surface area contributed by atoms with Crippen LogP contribution in [0.15, 0.2) is 36.9 Å². The van der Waals surface area contributed by atoms with Crippen LogP contribution in [0.25, 0.3) is 0 Å². The van der Waals surface area contributed by atoms with E-state index in [2.05, 4.69) is 11.9 Å². The van der Waals surface area contributed by atoms with Crippen LogP contribution in [0.4, 0.5) is 0 Å². The Morgan fingerprint density at radius 3 is 2.55 bits per heavy atom. The van der Waals surface area contributed by atoms with Crippen molar-refractivity contribution < 1.29 is 24.5 Å². The van der Waals surface area contributed by atoms with E-state index in [0.29, 0.717) is 5.56 Å². The van der Waals surface area contributed by atoms with Gasteiger partial charge in [-0.25, -0.2) is 4.79 Å². The third-order valence-electron chi connectivity index (χ3n) is 2.45. The minimum absolute atomic E-state index is 0.0333. The Bertz CT molecular complexity index is 469. The van der Waals surface area contributed by atoms with Gasteiger partial charge in [-0.1, -0.05) is 18.2 Å². The number of carboxylic acid groups (broad SMARTS) is 1. The van der Waals surface area contributed by atoms with E-state index in [-0.39, 0.29) is 25.4 Å². The van der Waals surface area contributed by atoms with Gasteiger partial charge in [0, 0.05) is 0 Å². The van der Waals surface area contributed by atoms with Crippen molar-refractivity contribution in [3.63, 3.8) is 0 Å². The van der Waals surface area contributed by atoms with Gasteiger partial charge in [0.05, 0.1) is 19.6 Å². The Morgan fingerprint density at radius 2 is 2.00 bits per heavy atom. The molecule has 1 atom stereocenters. The van der Waals surface area contributed by atoms with Crippen LogP contribution >= 0.6 is 0 Å². The summed E-state index contributed by atoms with van der Waals surface area (Å²) in [6.07, 6.45) is 1.53. The number of ether oxygens (including phenoxy) is 1. The minimum atomic E-state index is -1.16. The molecule has 6 heteroatoms. The molecule has 0 saturated carbocycles. The maximum atomic E-state index is 11.7. The number of phenols is 1. The fourth-order valence-electron chi connectivity index (χ4n) is 1.49. The van der Waals surface area contributed by atoms with E-state index in [1.807, 2.05) is 0 Å². The summed E-state index contributed by atoms with van der Waals surface area (Å²) in [6, 6.07) is 5.02. The van der Waals surface area contributed by atoms with Crippen molar-refractivity contribution in [2.24, 2.45) is 0 Å². The van der Waals surface area contributed by atoms with Crippen LogP contribution in [0.2, 0.25) is 0 Å². The summed E-state index contributed by atoms with van der Waals surface area (Å²) in [7, 11) is 0. The molecule has 0 aliphatic carbocycles. The smallest absolute Gasteiger partial charge is 0.328 e. The molecule has 1 aromatic carbocycles. The molecule has 20 heavy (non-hydrogen) atoms. The number of carbonyl (C=O) groups is 2. The predicted molar refractivity (Wildman–Crippen MR) is 72.4 cm³/mol. The van der Waals surface area contributed by atoms with Crippen LogP contribution in [0, 0.1) is 0 Å². The van der Waals surface area contributed by atoms with Gasteiger partial charge in [0.15, 0.2) is 6.04 Å². The second-order valence-corrected chi connectivity index (χ2v) is 4.13.